The minimum absolute atomic E-state index is 0.316. The number of hydrazine groups is 1. The van der Waals surface area contributed by atoms with E-state index < -0.39 is 0 Å². The van der Waals surface area contributed by atoms with Crippen LogP contribution in [-0.4, -0.2) is 27.3 Å². The van der Waals surface area contributed by atoms with Gasteiger partial charge in [-0.1, -0.05) is 0 Å². The summed E-state index contributed by atoms with van der Waals surface area (Å²) in [5.74, 6) is -0.316. The van der Waals surface area contributed by atoms with Crippen LogP contribution in [0.15, 0.2) is 6.07 Å². The average molecular weight is 241 g/mol. The van der Waals surface area contributed by atoms with E-state index in [4.69, 9.17) is 12.2 Å². The number of nitrogens with one attached hydrogen (secondary N) is 3. The van der Waals surface area contributed by atoms with Gasteiger partial charge in [0.2, 0.25) is 0 Å². The summed E-state index contributed by atoms with van der Waals surface area (Å²) in [6.07, 6.45) is 0. The van der Waals surface area contributed by atoms with Crippen LogP contribution < -0.4 is 16.2 Å². The van der Waals surface area contributed by atoms with E-state index in [9.17, 15) is 4.79 Å². The molecule has 16 heavy (non-hydrogen) atoms. The van der Waals surface area contributed by atoms with E-state index >= 15 is 0 Å². The number of amides is 1. The predicted molar refractivity (Wildman–Crippen MR) is 64.8 cm³/mol. The fraction of sp³-hybridized carbons (Fsp3) is 0.444. The van der Waals surface area contributed by atoms with Crippen molar-refractivity contribution in [2.45, 2.75) is 13.8 Å². The summed E-state index contributed by atoms with van der Waals surface area (Å²) < 4.78 is 1.64. The van der Waals surface area contributed by atoms with Crippen molar-refractivity contribution in [1.82, 2.24) is 25.9 Å². The summed E-state index contributed by atoms with van der Waals surface area (Å²) in [5.41, 5.74) is 6.31. The molecule has 0 atom stereocenters. The maximum atomic E-state index is 11.6. The molecule has 7 heteroatoms. The van der Waals surface area contributed by atoms with Gasteiger partial charge in [0.1, 0.15) is 0 Å². The molecule has 3 N–H and O–H groups in total. The second kappa shape index (κ2) is 5.45. The summed E-state index contributed by atoms with van der Waals surface area (Å²) in [4.78, 5) is 11.6. The molecule has 0 spiro atoms. The highest BCUT2D eigenvalue weighted by Gasteiger charge is 2.10. The van der Waals surface area contributed by atoms with Crippen molar-refractivity contribution in [3.63, 3.8) is 0 Å². The molecule has 0 radical (unpaired) electrons. The number of aromatic nitrogens is 2. The first-order valence-electron chi connectivity index (χ1n) is 4.89. The Morgan fingerprint density at radius 1 is 1.56 bits per heavy atom. The summed E-state index contributed by atoms with van der Waals surface area (Å²) in [6, 6.07) is 1.70. The molecular weight excluding hydrogens is 226 g/mol. The molecule has 0 saturated carbocycles. The topological polar surface area (TPSA) is 71.0 Å². The molecule has 1 rings (SSSR count). The van der Waals surface area contributed by atoms with Gasteiger partial charge in [0.05, 0.1) is 0 Å². The van der Waals surface area contributed by atoms with Crippen LogP contribution in [0.2, 0.25) is 0 Å². The average Bonchev–Trinajstić information content (AvgIpc) is 2.56. The normalized spacial score (nSPS) is 9.69. The second-order valence-electron chi connectivity index (χ2n) is 3.23. The Balaban J connectivity index is 2.50. The Hall–Kier alpha value is -1.63. The lowest BCUT2D eigenvalue weighted by molar-refractivity contribution is 0.0938. The molecule has 0 fully saturated rings. The quantitative estimate of drug-likeness (QED) is 0.496. The van der Waals surface area contributed by atoms with Crippen molar-refractivity contribution >= 4 is 23.2 Å². The molecule has 0 unspecified atom stereocenters. The first kappa shape index (κ1) is 12.4. The van der Waals surface area contributed by atoms with E-state index in [1.54, 1.807) is 17.8 Å². The van der Waals surface area contributed by atoms with E-state index in [0.29, 0.717) is 17.4 Å². The summed E-state index contributed by atoms with van der Waals surface area (Å²) in [6.45, 7) is 4.49. The van der Waals surface area contributed by atoms with E-state index in [1.165, 1.54) is 0 Å². The van der Waals surface area contributed by atoms with Gasteiger partial charge < -0.3 is 5.32 Å². The molecule has 0 aliphatic rings. The molecule has 6 nitrogen and oxygen atoms in total. The van der Waals surface area contributed by atoms with E-state index in [1.807, 2.05) is 13.8 Å². The molecule has 0 saturated heterocycles. The number of hydrogen-bond acceptors (Lipinski definition) is 3. The highest BCUT2D eigenvalue weighted by Crippen LogP contribution is 1.99. The Bertz CT molecular complexity index is 381. The zero-order valence-corrected chi connectivity index (χ0v) is 10.3. The maximum Gasteiger partial charge on any atom is 0.290 e. The molecule has 0 aliphatic heterocycles. The largest absolute Gasteiger partial charge is 0.362 e. The van der Waals surface area contributed by atoms with Crippen molar-refractivity contribution in [2.24, 2.45) is 7.05 Å². The third-order valence-electron chi connectivity index (χ3n) is 1.97. The van der Waals surface area contributed by atoms with Gasteiger partial charge >= 0.3 is 0 Å². The van der Waals surface area contributed by atoms with E-state index in [2.05, 4.69) is 21.3 Å². The molecule has 0 aliphatic carbocycles. The molecule has 1 aromatic rings. The van der Waals surface area contributed by atoms with Gasteiger partial charge in [0.25, 0.3) is 5.91 Å². The molecule has 0 bridgehead atoms. The van der Waals surface area contributed by atoms with Gasteiger partial charge in [-0.3, -0.25) is 20.3 Å². The zero-order valence-electron chi connectivity index (χ0n) is 9.50. The van der Waals surface area contributed by atoms with Gasteiger partial charge in [-0.05, 0) is 32.1 Å². The highest BCUT2D eigenvalue weighted by atomic mass is 32.1. The van der Waals surface area contributed by atoms with Crippen LogP contribution in [-0.2, 0) is 7.05 Å². The van der Waals surface area contributed by atoms with Crippen molar-refractivity contribution in [1.29, 1.82) is 0 Å². The first-order chi connectivity index (χ1) is 7.54. The lowest BCUT2D eigenvalue weighted by Gasteiger charge is -2.08. The monoisotopic (exact) mass is 241 g/mol. The predicted octanol–water partition coefficient (Wildman–Crippen LogP) is -0.143. The second-order valence-corrected chi connectivity index (χ2v) is 3.64. The molecule has 0 aromatic carbocycles. The van der Waals surface area contributed by atoms with Crippen LogP contribution in [0.5, 0.6) is 0 Å². The Kier molecular flexibility index (Phi) is 4.24. The lowest BCUT2D eigenvalue weighted by Crippen LogP contribution is -2.46. The highest BCUT2D eigenvalue weighted by molar-refractivity contribution is 7.80. The van der Waals surface area contributed by atoms with Crippen molar-refractivity contribution in [2.75, 3.05) is 6.54 Å². The minimum atomic E-state index is -0.316. The van der Waals surface area contributed by atoms with Crippen molar-refractivity contribution < 1.29 is 4.79 Å². The van der Waals surface area contributed by atoms with Gasteiger partial charge in [-0.2, -0.15) is 5.10 Å². The Morgan fingerprint density at radius 2 is 2.25 bits per heavy atom. The van der Waals surface area contributed by atoms with Gasteiger partial charge in [0.15, 0.2) is 10.8 Å². The Labute approximate surface area is 99.4 Å². The lowest BCUT2D eigenvalue weighted by atomic mass is 10.3. The van der Waals surface area contributed by atoms with Crippen LogP contribution in [0.25, 0.3) is 0 Å². The summed E-state index contributed by atoms with van der Waals surface area (Å²) >= 11 is 4.89. The van der Waals surface area contributed by atoms with E-state index in [-0.39, 0.29) is 5.91 Å². The minimum Gasteiger partial charge on any atom is -0.362 e. The molecule has 1 aromatic heterocycles. The van der Waals surface area contributed by atoms with Gasteiger partial charge in [-0.25, -0.2) is 0 Å². The van der Waals surface area contributed by atoms with Gasteiger partial charge in [-0.15, -0.1) is 0 Å². The van der Waals surface area contributed by atoms with Crippen LogP contribution in [0.4, 0.5) is 0 Å². The zero-order chi connectivity index (χ0) is 12.1. The third kappa shape index (κ3) is 3.20. The molecular formula is C9H15N5OS. The van der Waals surface area contributed by atoms with E-state index in [0.717, 1.165) is 5.69 Å². The SMILES string of the molecule is CCNC(=S)NNC(=O)c1cc(C)n(C)n1. The fourth-order valence-corrected chi connectivity index (χ4v) is 1.25. The van der Waals surface area contributed by atoms with Gasteiger partial charge in [0, 0.05) is 19.3 Å². The maximum absolute atomic E-state index is 11.6. The number of nitrogens with zero attached hydrogens (tertiary/aromatic N) is 2. The number of carbonyl (C=O) groups excluding carboxylic acids is 1. The molecule has 1 heterocycles. The standard InChI is InChI=1S/C9H15N5OS/c1-4-10-9(16)12-11-8(15)7-5-6(2)14(3)13-7/h5H,4H2,1-3H3,(H,11,15)(H2,10,12,16). The third-order valence-corrected chi connectivity index (χ3v) is 2.22. The number of hydrogen-bond donors (Lipinski definition) is 3. The number of carbonyl (C=O) groups is 1. The van der Waals surface area contributed by atoms with Crippen LogP contribution >= 0.6 is 12.2 Å². The van der Waals surface area contributed by atoms with Crippen LogP contribution in [0.3, 0.4) is 0 Å². The van der Waals surface area contributed by atoms with Crippen molar-refractivity contribution in [3.05, 3.63) is 17.5 Å². The number of thiocarbonyl (C=S) groups is 1. The number of rotatable bonds is 2. The number of aryl methyl sites for hydroxylation is 2. The fourth-order valence-electron chi connectivity index (χ4n) is 1.05. The van der Waals surface area contributed by atoms with Crippen LogP contribution in [0, 0.1) is 6.92 Å². The first-order valence-corrected chi connectivity index (χ1v) is 5.30. The van der Waals surface area contributed by atoms with Crippen molar-refractivity contribution in [3.8, 4) is 0 Å². The molecule has 1 amide bonds. The van der Waals surface area contributed by atoms with Crippen LogP contribution in [0.1, 0.15) is 23.1 Å². The smallest absolute Gasteiger partial charge is 0.290 e. The summed E-state index contributed by atoms with van der Waals surface area (Å²) in [7, 11) is 1.78. The summed E-state index contributed by atoms with van der Waals surface area (Å²) in [5, 5.41) is 7.26. The molecule has 88 valence electrons. The Morgan fingerprint density at radius 3 is 2.75 bits per heavy atom.